The van der Waals surface area contributed by atoms with Gasteiger partial charge in [0.05, 0.1) is 46.0 Å². The Labute approximate surface area is 239 Å². The first-order valence-electron chi connectivity index (χ1n) is 12.8. The first-order valence-corrected chi connectivity index (χ1v) is 13.6. The molecule has 0 bridgehead atoms. The summed E-state index contributed by atoms with van der Waals surface area (Å²) in [7, 11) is 0. The van der Waals surface area contributed by atoms with E-state index in [0.717, 1.165) is 33.6 Å². The van der Waals surface area contributed by atoms with E-state index in [-0.39, 0.29) is 0 Å². The van der Waals surface area contributed by atoms with Crippen LogP contribution in [0.15, 0.2) is 110 Å². The van der Waals surface area contributed by atoms with Gasteiger partial charge in [0.15, 0.2) is 0 Å². The lowest BCUT2D eigenvalue weighted by Crippen LogP contribution is -1.89. The Balaban J connectivity index is 1.22. The minimum Gasteiger partial charge on any atom is -0.255 e. The van der Waals surface area contributed by atoms with Crippen molar-refractivity contribution in [2.75, 3.05) is 0 Å². The van der Waals surface area contributed by atoms with Gasteiger partial charge < -0.3 is 0 Å². The van der Waals surface area contributed by atoms with Gasteiger partial charge in [-0.2, -0.15) is 10.5 Å². The van der Waals surface area contributed by atoms with E-state index in [9.17, 15) is 10.5 Å². The summed E-state index contributed by atoms with van der Waals surface area (Å²) in [5.74, 6) is 0. The zero-order chi connectivity index (χ0) is 27.8. The maximum atomic E-state index is 9.19. The summed E-state index contributed by atoms with van der Waals surface area (Å²) in [6.45, 7) is 0. The van der Waals surface area contributed by atoms with Gasteiger partial charge in [0.2, 0.25) is 0 Å². The lowest BCUT2D eigenvalue weighted by atomic mass is 10.0. The molecule has 41 heavy (non-hydrogen) atoms. The number of fused-ring (bicyclic) bond motifs is 3. The Morgan fingerprint density at radius 2 is 0.927 bits per heavy atom. The van der Waals surface area contributed by atoms with Crippen LogP contribution in [0.3, 0.4) is 0 Å². The van der Waals surface area contributed by atoms with Crippen molar-refractivity contribution in [3.05, 3.63) is 121 Å². The minimum atomic E-state index is 0.559. The molecule has 0 amide bonds. The second kappa shape index (κ2) is 10.1. The van der Waals surface area contributed by atoms with E-state index >= 15 is 0 Å². The molecule has 6 nitrogen and oxygen atoms in total. The molecule has 0 aliphatic carbocycles. The second-order valence-electron chi connectivity index (χ2n) is 9.47. The fraction of sp³-hybridized carbons (Fsp3) is 0. The summed E-state index contributed by atoms with van der Waals surface area (Å²) in [6.07, 6.45) is 6.96. The van der Waals surface area contributed by atoms with Crippen LogP contribution in [-0.4, -0.2) is 19.9 Å². The van der Waals surface area contributed by atoms with Gasteiger partial charge in [-0.3, -0.25) is 19.9 Å². The van der Waals surface area contributed by atoms with E-state index in [0.29, 0.717) is 22.5 Å². The molecule has 7 heteroatoms. The molecule has 7 rings (SSSR count). The van der Waals surface area contributed by atoms with Crippen molar-refractivity contribution in [2.45, 2.75) is 0 Å². The van der Waals surface area contributed by atoms with Gasteiger partial charge in [-0.05, 0) is 71.8 Å². The average molecular weight is 543 g/mol. The van der Waals surface area contributed by atoms with Gasteiger partial charge in [0.25, 0.3) is 0 Å². The highest BCUT2D eigenvalue weighted by Crippen LogP contribution is 2.38. The molecule has 0 aliphatic rings. The summed E-state index contributed by atoms with van der Waals surface area (Å²) < 4.78 is 2.44. The van der Waals surface area contributed by atoms with Crippen molar-refractivity contribution in [3.63, 3.8) is 0 Å². The Bertz CT molecular complexity index is 2010. The number of nitriles is 2. The molecule has 0 fully saturated rings. The molecule has 0 N–H and O–H groups in total. The van der Waals surface area contributed by atoms with Crippen LogP contribution in [0.5, 0.6) is 0 Å². The van der Waals surface area contributed by atoms with Crippen LogP contribution in [-0.2, 0) is 0 Å². The summed E-state index contributed by atoms with van der Waals surface area (Å²) >= 11 is 1.78. The number of rotatable bonds is 4. The Hall–Kier alpha value is -5.76. The smallest absolute Gasteiger partial charge is 0.0992 e. The monoisotopic (exact) mass is 542 g/mol. The van der Waals surface area contributed by atoms with E-state index in [4.69, 9.17) is 0 Å². The highest BCUT2D eigenvalue weighted by molar-refractivity contribution is 7.25. The highest BCUT2D eigenvalue weighted by Gasteiger charge is 2.11. The molecule has 0 saturated carbocycles. The third-order valence-corrected chi connectivity index (χ3v) is 8.12. The van der Waals surface area contributed by atoms with Gasteiger partial charge in [-0.15, -0.1) is 11.3 Å². The third-order valence-electron chi connectivity index (χ3n) is 6.97. The lowest BCUT2D eigenvalue weighted by Gasteiger charge is -2.06. The summed E-state index contributed by atoms with van der Waals surface area (Å²) in [5, 5.41) is 20.8. The standard InChI is InChI=1S/C34H18N6S/c35-17-21-9-11-37-31(13-21)29-5-1-25(19-39-29)23-3-7-33-27(15-23)28-16-24(4-8-34(28)41-33)26-2-6-30(40-20-26)32-14-22(18-36)10-12-38-32/h1-16,19-20H. The van der Waals surface area contributed by atoms with E-state index in [1.165, 1.54) is 20.2 Å². The molecular formula is C34H18N6S. The number of pyridine rings is 4. The van der Waals surface area contributed by atoms with E-state index in [1.807, 2.05) is 36.7 Å². The molecule has 0 atom stereocenters. The van der Waals surface area contributed by atoms with Crippen molar-refractivity contribution in [3.8, 4) is 57.2 Å². The SMILES string of the molecule is N#Cc1ccnc(-c2ccc(-c3ccc4sc5ccc(-c6ccc(-c7cc(C#N)ccn7)nc6)cc5c4c3)cn2)c1. The quantitative estimate of drug-likeness (QED) is 0.223. The molecule has 0 radical (unpaired) electrons. The van der Waals surface area contributed by atoms with Gasteiger partial charge >= 0.3 is 0 Å². The molecule has 0 unspecified atom stereocenters. The van der Waals surface area contributed by atoms with Crippen LogP contribution < -0.4 is 0 Å². The van der Waals surface area contributed by atoms with Crippen molar-refractivity contribution in [2.24, 2.45) is 0 Å². The van der Waals surface area contributed by atoms with Crippen molar-refractivity contribution < 1.29 is 0 Å². The maximum Gasteiger partial charge on any atom is 0.0992 e. The molecule has 0 aliphatic heterocycles. The zero-order valence-corrected chi connectivity index (χ0v) is 22.3. The molecule has 7 aromatic rings. The number of benzene rings is 2. The normalized spacial score (nSPS) is 10.9. The number of nitrogens with zero attached hydrogens (tertiary/aromatic N) is 6. The largest absolute Gasteiger partial charge is 0.255 e. The molecule has 0 saturated heterocycles. The van der Waals surface area contributed by atoms with Crippen LogP contribution in [0.4, 0.5) is 0 Å². The second-order valence-corrected chi connectivity index (χ2v) is 10.6. The van der Waals surface area contributed by atoms with Crippen LogP contribution in [0.2, 0.25) is 0 Å². The fourth-order valence-electron chi connectivity index (χ4n) is 4.85. The number of hydrogen-bond donors (Lipinski definition) is 0. The molecule has 0 spiro atoms. The highest BCUT2D eigenvalue weighted by atomic mass is 32.1. The van der Waals surface area contributed by atoms with Crippen LogP contribution >= 0.6 is 11.3 Å². The number of thiophene rings is 1. The van der Waals surface area contributed by atoms with E-state index < -0.39 is 0 Å². The van der Waals surface area contributed by atoms with Gasteiger partial charge in [0, 0.05) is 56.1 Å². The fourth-order valence-corrected chi connectivity index (χ4v) is 5.92. The minimum absolute atomic E-state index is 0.559. The first kappa shape index (κ1) is 24.3. The van der Waals surface area contributed by atoms with Crippen molar-refractivity contribution in [1.29, 1.82) is 10.5 Å². The number of aromatic nitrogens is 4. The van der Waals surface area contributed by atoms with Crippen LogP contribution in [0.25, 0.3) is 65.2 Å². The molecule has 2 aromatic carbocycles. The molecule has 5 aromatic heterocycles. The van der Waals surface area contributed by atoms with Crippen molar-refractivity contribution >= 4 is 31.5 Å². The number of hydrogen-bond acceptors (Lipinski definition) is 7. The Kier molecular flexibility index (Phi) is 5.98. The predicted molar refractivity (Wildman–Crippen MR) is 162 cm³/mol. The van der Waals surface area contributed by atoms with Gasteiger partial charge in [-0.1, -0.05) is 24.3 Å². The van der Waals surface area contributed by atoms with Crippen LogP contribution in [0.1, 0.15) is 11.1 Å². The van der Waals surface area contributed by atoms with Gasteiger partial charge in [0.1, 0.15) is 0 Å². The Morgan fingerprint density at radius 3 is 1.34 bits per heavy atom. The first-order chi connectivity index (χ1) is 20.2. The van der Waals surface area contributed by atoms with E-state index in [1.54, 1.807) is 48.0 Å². The topological polar surface area (TPSA) is 99.1 Å². The summed E-state index contributed by atoms with van der Waals surface area (Å²) in [6, 6.07) is 32.1. The predicted octanol–water partition coefficient (Wildman–Crippen LogP) is 8.05. The average Bonchev–Trinajstić information content (AvgIpc) is 3.42. The summed E-state index contributed by atoms with van der Waals surface area (Å²) in [4.78, 5) is 18.0. The van der Waals surface area contributed by atoms with Crippen LogP contribution in [0, 0.1) is 22.7 Å². The van der Waals surface area contributed by atoms with Gasteiger partial charge in [-0.25, -0.2) is 0 Å². The summed E-state index contributed by atoms with van der Waals surface area (Å²) in [5.41, 5.74) is 8.11. The molecule has 5 heterocycles. The molecule has 190 valence electrons. The lowest BCUT2D eigenvalue weighted by molar-refractivity contribution is 1.24. The third kappa shape index (κ3) is 4.57. The zero-order valence-electron chi connectivity index (χ0n) is 21.5. The Morgan fingerprint density at radius 1 is 0.463 bits per heavy atom. The van der Waals surface area contributed by atoms with Crippen molar-refractivity contribution in [1.82, 2.24) is 19.9 Å². The molecular weight excluding hydrogens is 524 g/mol. The van der Waals surface area contributed by atoms with E-state index in [2.05, 4.69) is 68.5 Å². The maximum absolute atomic E-state index is 9.19.